The fraction of sp³-hybridized carbons (Fsp3) is 1.00. The van der Waals surface area contributed by atoms with Gasteiger partial charge in [-0.05, 0) is 5.92 Å². The van der Waals surface area contributed by atoms with E-state index in [1.54, 1.807) is 0 Å². The summed E-state index contributed by atoms with van der Waals surface area (Å²) in [5.41, 5.74) is 0. The Hall–Kier alpha value is 0.110. The van der Waals surface area contributed by atoms with Gasteiger partial charge >= 0.3 is 0 Å². The monoisotopic (exact) mass is 161 g/mol. The van der Waals surface area contributed by atoms with Gasteiger partial charge < -0.3 is 5.32 Å². The van der Waals surface area contributed by atoms with E-state index >= 15 is 0 Å². The lowest BCUT2D eigenvalue weighted by molar-refractivity contribution is 0.431. The van der Waals surface area contributed by atoms with Crippen LogP contribution in [0.15, 0.2) is 0 Å². The average Bonchev–Trinajstić information content (AvgIpc) is 1.88. The van der Waals surface area contributed by atoms with Crippen molar-refractivity contribution in [3.63, 3.8) is 0 Å². The van der Waals surface area contributed by atoms with Crippen LogP contribution >= 0.6 is 0 Å². The molecule has 3 heteroatoms. The van der Waals surface area contributed by atoms with Crippen LogP contribution in [0.25, 0.3) is 0 Å². The van der Waals surface area contributed by atoms with Crippen LogP contribution < -0.4 is 5.32 Å². The van der Waals surface area contributed by atoms with Crippen LogP contribution in [0.3, 0.4) is 0 Å². The molecule has 0 aromatic rings. The summed E-state index contributed by atoms with van der Waals surface area (Å²) < 4.78 is 11.0. The molecule has 0 amide bonds. The molecule has 2 nitrogen and oxygen atoms in total. The molecule has 0 radical (unpaired) electrons. The van der Waals surface area contributed by atoms with Crippen molar-refractivity contribution in [1.29, 1.82) is 0 Å². The molecule has 1 fully saturated rings. The number of rotatable bonds is 1. The van der Waals surface area contributed by atoms with Gasteiger partial charge in [0.15, 0.2) is 0 Å². The summed E-state index contributed by atoms with van der Waals surface area (Å²) in [7, 11) is -0.553. The van der Waals surface area contributed by atoms with Gasteiger partial charge in [-0.1, -0.05) is 13.8 Å². The van der Waals surface area contributed by atoms with Gasteiger partial charge in [-0.25, -0.2) is 0 Å². The van der Waals surface area contributed by atoms with E-state index in [0.29, 0.717) is 12.0 Å². The van der Waals surface area contributed by atoms with Crippen molar-refractivity contribution in [3.8, 4) is 0 Å². The van der Waals surface area contributed by atoms with Crippen LogP contribution in [0.4, 0.5) is 0 Å². The maximum Gasteiger partial charge on any atom is 0.0391 e. The number of hydrogen-bond acceptors (Lipinski definition) is 2. The third kappa shape index (κ3) is 2.06. The van der Waals surface area contributed by atoms with E-state index in [-0.39, 0.29) is 0 Å². The van der Waals surface area contributed by atoms with E-state index < -0.39 is 10.8 Å². The molecule has 0 aromatic heterocycles. The second-order valence-corrected chi connectivity index (χ2v) is 4.74. The first-order valence-corrected chi connectivity index (χ1v) is 5.27. The molecule has 1 N–H and O–H groups in total. The van der Waals surface area contributed by atoms with Gasteiger partial charge in [0.1, 0.15) is 0 Å². The Bertz CT molecular complexity index is 136. The van der Waals surface area contributed by atoms with E-state index in [1.807, 2.05) is 0 Å². The molecule has 0 spiro atoms. The van der Waals surface area contributed by atoms with E-state index in [2.05, 4.69) is 19.2 Å². The van der Waals surface area contributed by atoms with Crippen molar-refractivity contribution >= 4 is 10.8 Å². The molecule has 1 aliphatic heterocycles. The molecule has 60 valence electrons. The lowest BCUT2D eigenvalue weighted by atomic mass is 10.1. The highest BCUT2D eigenvalue weighted by Crippen LogP contribution is 2.06. The Balaban J connectivity index is 2.39. The average molecular weight is 161 g/mol. The van der Waals surface area contributed by atoms with Crippen LogP contribution in [0.2, 0.25) is 0 Å². The fourth-order valence-corrected chi connectivity index (χ4v) is 2.54. The third-order valence-electron chi connectivity index (χ3n) is 1.91. The zero-order valence-corrected chi connectivity index (χ0v) is 7.41. The highest BCUT2D eigenvalue weighted by atomic mass is 32.2. The molecule has 10 heavy (non-hydrogen) atoms. The zero-order valence-electron chi connectivity index (χ0n) is 6.59. The summed E-state index contributed by atoms with van der Waals surface area (Å²) in [6, 6.07) is 0.481. The van der Waals surface area contributed by atoms with Crippen LogP contribution in [0, 0.1) is 5.92 Å². The Kier molecular flexibility index (Phi) is 2.86. The van der Waals surface area contributed by atoms with Crippen molar-refractivity contribution in [2.75, 3.05) is 18.1 Å². The van der Waals surface area contributed by atoms with Gasteiger partial charge in [-0.15, -0.1) is 0 Å². The van der Waals surface area contributed by atoms with Gasteiger partial charge in [-0.3, -0.25) is 4.21 Å². The van der Waals surface area contributed by atoms with Crippen LogP contribution in [0.5, 0.6) is 0 Å². The number of hydrogen-bond donors (Lipinski definition) is 1. The summed E-state index contributed by atoms with van der Waals surface area (Å²) >= 11 is 0. The van der Waals surface area contributed by atoms with Crippen molar-refractivity contribution < 1.29 is 4.21 Å². The van der Waals surface area contributed by atoms with Crippen molar-refractivity contribution in [2.45, 2.75) is 19.9 Å². The first-order valence-electron chi connectivity index (χ1n) is 3.78. The van der Waals surface area contributed by atoms with E-state index in [9.17, 15) is 4.21 Å². The normalized spacial score (nSPS) is 34.7. The van der Waals surface area contributed by atoms with Gasteiger partial charge in [0.05, 0.1) is 0 Å². The largest absolute Gasteiger partial charge is 0.312 e. The predicted molar refractivity (Wildman–Crippen MR) is 44.5 cm³/mol. The molecule has 0 aliphatic carbocycles. The van der Waals surface area contributed by atoms with Crippen molar-refractivity contribution in [2.24, 2.45) is 5.92 Å². The highest BCUT2D eigenvalue weighted by molar-refractivity contribution is 7.85. The maximum absolute atomic E-state index is 11.0. The summed E-state index contributed by atoms with van der Waals surface area (Å²) in [6.07, 6.45) is 0. The van der Waals surface area contributed by atoms with Crippen LogP contribution in [-0.2, 0) is 10.8 Å². The summed E-state index contributed by atoms with van der Waals surface area (Å²) in [6.45, 7) is 5.26. The SMILES string of the molecule is CC(C)C1CS(=O)CCN1. The van der Waals surface area contributed by atoms with Crippen molar-refractivity contribution in [1.82, 2.24) is 5.32 Å². The standard InChI is InChI=1S/C7H15NOS/c1-6(2)7-5-10(9)4-3-8-7/h6-8H,3-5H2,1-2H3. The van der Waals surface area contributed by atoms with Crippen molar-refractivity contribution in [3.05, 3.63) is 0 Å². The molecule has 1 rings (SSSR count). The summed E-state index contributed by atoms with van der Waals surface area (Å²) in [5, 5.41) is 3.36. The predicted octanol–water partition coefficient (Wildman–Crippen LogP) is 0.363. The van der Waals surface area contributed by atoms with Gasteiger partial charge in [-0.2, -0.15) is 0 Å². The number of nitrogens with one attached hydrogen (secondary N) is 1. The molecule has 1 heterocycles. The molecular weight excluding hydrogens is 146 g/mol. The molecule has 1 saturated heterocycles. The Morgan fingerprint density at radius 1 is 1.60 bits per heavy atom. The molecule has 1 aliphatic rings. The zero-order chi connectivity index (χ0) is 7.56. The third-order valence-corrected chi connectivity index (χ3v) is 3.30. The molecular formula is C7H15NOS. The van der Waals surface area contributed by atoms with Crippen LogP contribution in [-0.4, -0.2) is 28.3 Å². The van der Waals surface area contributed by atoms with Gasteiger partial charge in [0.25, 0.3) is 0 Å². The highest BCUT2D eigenvalue weighted by Gasteiger charge is 2.19. The molecule has 0 bridgehead atoms. The second kappa shape index (κ2) is 3.49. The van der Waals surface area contributed by atoms with Gasteiger partial charge in [0.2, 0.25) is 0 Å². The van der Waals surface area contributed by atoms with Crippen LogP contribution in [0.1, 0.15) is 13.8 Å². The maximum atomic E-state index is 11.0. The Labute approximate surface area is 64.8 Å². The molecule has 0 aromatic carbocycles. The second-order valence-electron chi connectivity index (χ2n) is 3.12. The Morgan fingerprint density at radius 2 is 2.30 bits per heavy atom. The first-order chi connectivity index (χ1) is 4.70. The van der Waals surface area contributed by atoms with E-state index in [4.69, 9.17) is 0 Å². The van der Waals surface area contributed by atoms with E-state index in [0.717, 1.165) is 18.1 Å². The summed E-state index contributed by atoms with van der Waals surface area (Å²) in [5.74, 6) is 2.30. The molecule has 2 atom stereocenters. The minimum atomic E-state index is -0.553. The smallest absolute Gasteiger partial charge is 0.0391 e. The Morgan fingerprint density at radius 3 is 2.70 bits per heavy atom. The minimum absolute atomic E-state index is 0.481. The summed E-state index contributed by atoms with van der Waals surface area (Å²) in [4.78, 5) is 0. The quantitative estimate of drug-likeness (QED) is 0.602. The molecule has 2 unspecified atom stereocenters. The fourth-order valence-electron chi connectivity index (χ4n) is 1.13. The van der Waals surface area contributed by atoms with E-state index in [1.165, 1.54) is 0 Å². The van der Waals surface area contributed by atoms with Gasteiger partial charge in [0, 0.05) is 34.9 Å². The lowest BCUT2D eigenvalue weighted by Gasteiger charge is -2.25. The topological polar surface area (TPSA) is 29.1 Å². The lowest BCUT2D eigenvalue weighted by Crippen LogP contribution is -2.45. The molecule has 0 saturated carbocycles. The first kappa shape index (κ1) is 8.21. The minimum Gasteiger partial charge on any atom is -0.312 e.